The van der Waals surface area contributed by atoms with Crippen molar-refractivity contribution in [3.8, 4) is 0 Å². The fourth-order valence-electron chi connectivity index (χ4n) is 7.73. The summed E-state index contributed by atoms with van der Waals surface area (Å²) in [7, 11) is 0. The van der Waals surface area contributed by atoms with Gasteiger partial charge in [-0.25, -0.2) is 0 Å². The molecule has 28 heavy (non-hydrogen) atoms. The number of hydrogen-bond acceptors (Lipinski definition) is 6. The van der Waals surface area contributed by atoms with Crippen LogP contribution in [-0.2, 0) is 19.1 Å². The molecule has 0 aromatic carbocycles. The molecule has 6 rings (SSSR count). The molecule has 3 unspecified atom stereocenters. The Bertz CT molecular complexity index is 829. The lowest BCUT2D eigenvalue weighted by molar-refractivity contribution is -0.441. The number of aliphatic hydroxyl groups is 2. The quantitative estimate of drug-likeness (QED) is 0.525. The second kappa shape index (κ2) is 5.15. The summed E-state index contributed by atoms with van der Waals surface area (Å²) in [5.41, 5.74) is -1.70. The van der Waals surface area contributed by atoms with Crippen molar-refractivity contribution in [2.45, 2.75) is 58.0 Å². The molecule has 3 saturated carbocycles. The van der Waals surface area contributed by atoms with Crippen LogP contribution < -0.4 is 0 Å². The van der Waals surface area contributed by atoms with Gasteiger partial charge in [0.05, 0.1) is 17.4 Å². The largest absolute Gasteiger partial charge is 0.457 e. The minimum Gasteiger partial charge on any atom is -0.457 e. The van der Waals surface area contributed by atoms with Crippen LogP contribution in [0.1, 0.15) is 40.0 Å². The average Bonchev–Trinajstić information content (AvgIpc) is 2.82. The molecular weight excluding hydrogens is 360 g/mol. The first-order valence-electron chi connectivity index (χ1n) is 10.2. The van der Waals surface area contributed by atoms with Crippen LogP contribution >= 0.6 is 0 Å². The molecule has 2 N–H and O–H groups in total. The van der Waals surface area contributed by atoms with Gasteiger partial charge in [-0.1, -0.05) is 26.5 Å². The number of carbonyl (C=O) groups excluding carboxylic acids is 2. The highest BCUT2D eigenvalue weighted by Crippen LogP contribution is 2.76. The fraction of sp³-hybridized carbons (Fsp3) is 0.727. The van der Waals surface area contributed by atoms with Crippen LogP contribution in [0.3, 0.4) is 0 Å². The summed E-state index contributed by atoms with van der Waals surface area (Å²) in [6.07, 6.45) is 3.49. The zero-order valence-corrected chi connectivity index (χ0v) is 16.6. The summed E-state index contributed by atoms with van der Waals surface area (Å²) in [4.78, 5) is 25.3. The van der Waals surface area contributed by atoms with Crippen molar-refractivity contribution >= 4 is 11.8 Å². The highest BCUT2D eigenvalue weighted by atomic mass is 16.6. The molecule has 4 bridgehead atoms. The Morgan fingerprint density at radius 3 is 2.75 bits per heavy atom. The minimum absolute atomic E-state index is 0.0560. The maximum atomic E-state index is 13.4. The van der Waals surface area contributed by atoms with E-state index in [4.69, 9.17) is 9.47 Å². The van der Waals surface area contributed by atoms with E-state index in [-0.39, 0.29) is 24.2 Å². The first-order valence-corrected chi connectivity index (χ1v) is 10.2. The van der Waals surface area contributed by atoms with Gasteiger partial charge in [0.2, 0.25) is 5.79 Å². The maximum absolute atomic E-state index is 13.4. The topological polar surface area (TPSA) is 93.1 Å². The predicted octanol–water partition coefficient (Wildman–Crippen LogP) is 1.75. The molecule has 2 heterocycles. The highest BCUT2D eigenvalue weighted by Gasteiger charge is 2.84. The van der Waals surface area contributed by atoms with E-state index in [2.05, 4.69) is 6.58 Å². The second-order valence-electron chi connectivity index (χ2n) is 10.1. The standard InChI is InChI=1S/C22H28O6/c1-11-13-5-6-14-20-10-27-22(26,21(14,9-13)18(11)28-12(2)23)17(25)16(20)19(3,4)8-7-15(20)24/h7-8,13-14,16-18,25-26H,1,5-6,9-10H2,2-4H3/t13?,14-,16-,17?,18?,20-,21+,22-/m1/s1. The van der Waals surface area contributed by atoms with Crippen molar-refractivity contribution in [2.75, 3.05) is 6.61 Å². The summed E-state index contributed by atoms with van der Waals surface area (Å²) < 4.78 is 11.7. The number of allylic oxidation sites excluding steroid dienone is 2. The highest BCUT2D eigenvalue weighted by molar-refractivity contribution is 5.97. The third kappa shape index (κ3) is 1.73. The van der Waals surface area contributed by atoms with Gasteiger partial charge < -0.3 is 19.7 Å². The average molecular weight is 388 g/mol. The van der Waals surface area contributed by atoms with E-state index >= 15 is 0 Å². The second-order valence-corrected chi connectivity index (χ2v) is 10.1. The van der Waals surface area contributed by atoms with Crippen molar-refractivity contribution in [1.82, 2.24) is 0 Å². The minimum atomic E-state index is -1.88. The van der Waals surface area contributed by atoms with Gasteiger partial charge in [-0.3, -0.25) is 9.59 Å². The molecule has 6 heteroatoms. The molecule has 0 aromatic heterocycles. The van der Waals surface area contributed by atoms with E-state index in [1.807, 2.05) is 19.9 Å². The number of rotatable bonds is 1. The Kier molecular flexibility index (Phi) is 3.41. The molecule has 6 aliphatic rings. The lowest BCUT2D eigenvalue weighted by Gasteiger charge is -2.72. The number of esters is 1. The van der Waals surface area contributed by atoms with Gasteiger partial charge in [0.1, 0.15) is 12.2 Å². The summed E-state index contributed by atoms with van der Waals surface area (Å²) in [6, 6.07) is 0. The van der Waals surface area contributed by atoms with Crippen molar-refractivity contribution < 1.29 is 29.3 Å². The molecule has 2 spiro atoms. The van der Waals surface area contributed by atoms with Crippen molar-refractivity contribution in [1.29, 1.82) is 0 Å². The first-order chi connectivity index (χ1) is 13.0. The van der Waals surface area contributed by atoms with E-state index in [1.54, 1.807) is 6.08 Å². The van der Waals surface area contributed by atoms with Crippen LogP contribution in [0.2, 0.25) is 0 Å². The molecule has 0 radical (unpaired) electrons. The van der Waals surface area contributed by atoms with Crippen LogP contribution in [0, 0.1) is 34.0 Å². The Morgan fingerprint density at radius 2 is 2.07 bits per heavy atom. The fourth-order valence-corrected chi connectivity index (χ4v) is 7.73. The number of carbonyl (C=O) groups is 2. The Hall–Kier alpha value is -1.50. The molecule has 5 fully saturated rings. The van der Waals surface area contributed by atoms with Gasteiger partial charge in [-0.05, 0) is 48.2 Å². The molecule has 6 nitrogen and oxygen atoms in total. The summed E-state index contributed by atoms with van der Waals surface area (Å²) >= 11 is 0. The molecule has 152 valence electrons. The third-order valence-electron chi connectivity index (χ3n) is 8.64. The predicted molar refractivity (Wildman–Crippen MR) is 98.7 cm³/mol. The molecular formula is C22H28O6. The van der Waals surface area contributed by atoms with E-state index in [0.29, 0.717) is 12.8 Å². The number of fused-ring (bicyclic) bond motifs is 2. The van der Waals surface area contributed by atoms with Crippen LogP contribution in [0.25, 0.3) is 0 Å². The van der Waals surface area contributed by atoms with Crippen molar-refractivity contribution in [3.63, 3.8) is 0 Å². The number of aliphatic hydroxyl groups excluding tert-OH is 1. The number of ketones is 1. The lowest BCUT2D eigenvalue weighted by Crippen LogP contribution is -2.83. The monoisotopic (exact) mass is 388 g/mol. The van der Waals surface area contributed by atoms with Gasteiger partial charge in [-0.15, -0.1) is 0 Å². The smallest absolute Gasteiger partial charge is 0.303 e. The molecule has 2 saturated heterocycles. The first kappa shape index (κ1) is 18.5. The van der Waals surface area contributed by atoms with Crippen molar-refractivity contribution in [2.24, 2.45) is 34.0 Å². The Morgan fingerprint density at radius 1 is 1.36 bits per heavy atom. The van der Waals surface area contributed by atoms with Gasteiger partial charge in [-0.2, -0.15) is 0 Å². The van der Waals surface area contributed by atoms with Gasteiger partial charge in [0.15, 0.2) is 5.78 Å². The van der Waals surface area contributed by atoms with Crippen LogP contribution in [0.15, 0.2) is 24.3 Å². The van der Waals surface area contributed by atoms with E-state index in [9.17, 15) is 19.8 Å². The Labute approximate surface area is 164 Å². The van der Waals surface area contributed by atoms with E-state index in [0.717, 1.165) is 12.0 Å². The summed E-state index contributed by atoms with van der Waals surface area (Å²) in [5, 5.41) is 23.3. The molecule has 0 aromatic rings. The zero-order valence-electron chi connectivity index (χ0n) is 16.6. The van der Waals surface area contributed by atoms with Crippen LogP contribution in [0.4, 0.5) is 0 Å². The number of ether oxygens (including phenoxy) is 2. The van der Waals surface area contributed by atoms with Gasteiger partial charge in [0.25, 0.3) is 0 Å². The molecule has 8 atom stereocenters. The molecule has 4 aliphatic carbocycles. The van der Waals surface area contributed by atoms with Crippen LogP contribution in [-0.4, -0.2) is 46.6 Å². The maximum Gasteiger partial charge on any atom is 0.303 e. The van der Waals surface area contributed by atoms with Crippen LogP contribution in [0.5, 0.6) is 0 Å². The molecule has 0 amide bonds. The van der Waals surface area contributed by atoms with E-state index < -0.39 is 46.1 Å². The normalized spacial score (nSPS) is 53.0. The SMILES string of the molecule is C=C1C2CC[C@@H]3[C@@]45CO[C@](O)(C(O)[C@@H]4C(C)(C)C=CC5=O)[C@]3(C2)C1OC(C)=O. The molecule has 2 aliphatic heterocycles. The third-order valence-corrected chi connectivity index (χ3v) is 8.64. The lowest BCUT2D eigenvalue weighted by atomic mass is 9.37. The summed E-state index contributed by atoms with van der Waals surface area (Å²) in [6.45, 7) is 9.58. The van der Waals surface area contributed by atoms with Crippen molar-refractivity contribution in [3.05, 3.63) is 24.3 Å². The Balaban J connectivity index is 1.78. The van der Waals surface area contributed by atoms with Gasteiger partial charge >= 0.3 is 5.97 Å². The van der Waals surface area contributed by atoms with Gasteiger partial charge in [0, 0.05) is 12.8 Å². The van der Waals surface area contributed by atoms with E-state index in [1.165, 1.54) is 6.92 Å². The zero-order chi connectivity index (χ0) is 20.3. The number of hydrogen-bond donors (Lipinski definition) is 2. The summed E-state index contributed by atoms with van der Waals surface area (Å²) in [5.74, 6) is -3.03.